The Labute approximate surface area is 76.5 Å². The van der Waals surface area contributed by atoms with Gasteiger partial charge in [-0.05, 0) is 13.0 Å². The summed E-state index contributed by atoms with van der Waals surface area (Å²) in [6.07, 6.45) is -0.361. The zero-order valence-corrected chi connectivity index (χ0v) is 7.45. The molecule has 0 aliphatic heterocycles. The first-order valence-electron chi connectivity index (χ1n) is 3.66. The summed E-state index contributed by atoms with van der Waals surface area (Å²) in [5, 5.41) is 9.02. The number of carbonyl (C=O) groups is 2. The van der Waals surface area contributed by atoms with E-state index in [4.69, 9.17) is 5.11 Å². The lowest BCUT2D eigenvalue weighted by Gasteiger charge is -2.07. The van der Waals surface area contributed by atoms with Crippen molar-refractivity contribution in [2.75, 3.05) is 6.61 Å². The highest BCUT2D eigenvalue weighted by molar-refractivity contribution is 5.93. The van der Waals surface area contributed by atoms with Crippen molar-refractivity contribution in [1.82, 2.24) is 0 Å². The zero-order chi connectivity index (χ0) is 10.4. The molecule has 0 bridgehead atoms. The number of hydrogen-bond acceptors (Lipinski definition) is 4. The number of esters is 1. The monoisotopic (exact) mass is 184 g/mol. The molecule has 1 unspecified atom stereocenters. The molecule has 0 aromatic heterocycles. The molecule has 1 N–H and O–H groups in total. The van der Waals surface area contributed by atoms with Crippen LogP contribution in [-0.2, 0) is 14.3 Å². The van der Waals surface area contributed by atoms with Crippen LogP contribution in [-0.4, -0.2) is 29.6 Å². The van der Waals surface area contributed by atoms with Gasteiger partial charge >= 0.3 is 5.97 Å². The molecule has 0 spiro atoms. The first kappa shape index (κ1) is 11.6. The van der Waals surface area contributed by atoms with Crippen molar-refractivity contribution < 1.29 is 19.4 Å². The molecule has 0 aliphatic carbocycles. The zero-order valence-electron chi connectivity index (χ0n) is 7.45. The van der Waals surface area contributed by atoms with Gasteiger partial charge in [0.1, 0.15) is 6.61 Å². The van der Waals surface area contributed by atoms with E-state index in [0.29, 0.717) is 0 Å². The van der Waals surface area contributed by atoms with Gasteiger partial charge in [-0.2, -0.15) is 0 Å². The van der Waals surface area contributed by atoms with Crippen molar-refractivity contribution in [3.63, 3.8) is 0 Å². The number of carbonyl (C=O) groups excluding carboxylic acids is 2. The van der Waals surface area contributed by atoms with Crippen molar-refractivity contribution in [1.29, 1.82) is 0 Å². The van der Waals surface area contributed by atoms with Gasteiger partial charge in [-0.15, -0.1) is 0 Å². The van der Waals surface area contributed by atoms with Crippen molar-refractivity contribution in [2.45, 2.75) is 13.0 Å². The number of aliphatic hydroxyl groups excluding tert-OH is 1. The standard InChI is InChI=1S/C9H12O4/c1-4-7(10)8(11)5-13-9(12)6(2)3/h4,8,11H,1-2,5H2,3H3. The lowest BCUT2D eigenvalue weighted by molar-refractivity contribution is -0.143. The van der Waals surface area contributed by atoms with E-state index >= 15 is 0 Å². The summed E-state index contributed by atoms with van der Waals surface area (Å²) in [5.74, 6) is -1.20. The molecule has 0 amide bonds. The molecule has 0 saturated carbocycles. The number of hydrogen-bond donors (Lipinski definition) is 1. The van der Waals surface area contributed by atoms with E-state index in [9.17, 15) is 9.59 Å². The second kappa shape index (κ2) is 5.27. The van der Waals surface area contributed by atoms with Gasteiger partial charge in [-0.25, -0.2) is 4.79 Å². The maximum absolute atomic E-state index is 10.8. The van der Waals surface area contributed by atoms with E-state index in [1.54, 1.807) is 0 Å². The molecule has 72 valence electrons. The highest BCUT2D eigenvalue weighted by Gasteiger charge is 2.14. The average molecular weight is 184 g/mol. The van der Waals surface area contributed by atoms with Crippen molar-refractivity contribution in [2.24, 2.45) is 0 Å². The van der Waals surface area contributed by atoms with Gasteiger partial charge in [-0.3, -0.25) is 4.79 Å². The third-order valence-corrected chi connectivity index (χ3v) is 1.25. The molecule has 0 radical (unpaired) electrons. The number of ketones is 1. The molecular weight excluding hydrogens is 172 g/mol. The molecule has 4 heteroatoms. The molecule has 4 nitrogen and oxygen atoms in total. The Kier molecular flexibility index (Phi) is 4.69. The van der Waals surface area contributed by atoms with Crippen molar-refractivity contribution in [3.8, 4) is 0 Å². The lowest BCUT2D eigenvalue weighted by atomic mass is 10.2. The number of ether oxygens (including phenoxy) is 1. The Morgan fingerprint density at radius 1 is 1.62 bits per heavy atom. The lowest BCUT2D eigenvalue weighted by Crippen LogP contribution is -2.25. The van der Waals surface area contributed by atoms with Crippen LogP contribution in [0.2, 0.25) is 0 Å². The van der Waals surface area contributed by atoms with Gasteiger partial charge in [0.05, 0.1) is 0 Å². The van der Waals surface area contributed by atoms with E-state index in [0.717, 1.165) is 6.08 Å². The highest BCUT2D eigenvalue weighted by Crippen LogP contribution is 1.95. The minimum Gasteiger partial charge on any atom is -0.459 e. The first-order chi connectivity index (χ1) is 5.99. The second-order valence-electron chi connectivity index (χ2n) is 2.50. The molecule has 0 fully saturated rings. The molecule has 0 aliphatic rings. The topological polar surface area (TPSA) is 63.6 Å². The minimum atomic E-state index is -1.33. The van der Waals surface area contributed by atoms with E-state index in [1.807, 2.05) is 0 Å². The van der Waals surface area contributed by atoms with Crippen LogP contribution in [0.5, 0.6) is 0 Å². The molecule has 0 aromatic carbocycles. The van der Waals surface area contributed by atoms with Crippen LogP contribution in [0.1, 0.15) is 6.92 Å². The van der Waals surface area contributed by atoms with E-state index in [-0.39, 0.29) is 12.2 Å². The van der Waals surface area contributed by atoms with Crippen LogP contribution >= 0.6 is 0 Å². The van der Waals surface area contributed by atoms with Crippen LogP contribution in [0.3, 0.4) is 0 Å². The maximum atomic E-state index is 10.8. The molecule has 0 rings (SSSR count). The molecule has 0 heterocycles. The normalized spacial score (nSPS) is 11.5. The van der Waals surface area contributed by atoms with E-state index in [2.05, 4.69) is 17.9 Å². The van der Waals surface area contributed by atoms with Crippen LogP contribution in [0.4, 0.5) is 0 Å². The molecule has 0 aromatic rings. The maximum Gasteiger partial charge on any atom is 0.333 e. The minimum absolute atomic E-state index is 0.221. The molecule has 13 heavy (non-hydrogen) atoms. The van der Waals surface area contributed by atoms with Crippen LogP contribution in [0.15, 0.2) is 24.8 Å². The third kappa shape index (κ3) is 4.22. The predicted molar refractivity (Wildman–Crippen MR) is 47.0 cm³/mol. The van der Waals surface area contributed by atoms with Crippen molar-refractivity contribution in [3.05, 3.63) is 24.8 Å². The largest absolute Gasteiger partial charge is 0.459 e. The fourth-order valence-corrected chi connectivity index (χ4v) is 0.496. The van der Waals surface area contributed by atoms with Crippen LogP contribution < -0.4 is 0 Å². The number of rotatable bonds is 5. The Morgan fingerprint density at radius 3 is 2.54 bits per heavy atom. The Hall–Kier alpha value is -1.42. The van der Waals surface area contributed by atoms with Crippen LogP contribution in [0.25, 0.3) is 0 Å². The summed E-state index contributed by atoms with van der Waals surface area (Å²) in [7, 11) is 0. The smallest absolute Gasteiger partial charge is 0.333 e. The fourth-order valence-electron chi connectivity index (χ4n) is 0.496. The molecular formula is C9H12O4. The highest BCUT2D eigenvalue weighted by atomic mass is 16.5. The van der Waals surface area contributed by atoms with Gasteiger partial charge in [0.15, 0.2) is 11.9 Å². The summed E-state index contributed by atoms with van der Waals surface area (Å²) in [6.45, 7) is 7.62. The Bertz CT molecular complexity index is 242. The number of aliphatic hydroxyl groups is 1. The average Bonchev–Trinajstić information content (AvgIpc) is 2.11. The van der Waals surface area contributed by atoms with Gasteiger partial charge in [0.2, 0.25) is 0 Å². The van der Waals surface area contributed by atoms with Crippen molar-refractivity contribution >= 4 is 11.8 Å². The Balaban J connectivity index is 3.89. The molecule has 1 atom stereocenters. The summed E-state index contributed by atoms with van der Waals surface area (Å²) >= 11 is 0. The first-order valence-corrected chi connectivity index (χ1v) is 3.66. The van der Waals surface area contributed by atoms with Crippen LogP contribution in [0, 0.1) is 0 Å². The van der Waals surface area contributed by atoms with E-state index < -0.39 is 17.9 Å². The van der Waals surface area contributed by atoms with Gasteiger partial charge < -0.3 is 9.84 Å². The summed E-state index contributed by atoms with van der Waals surface area (Å²) < 4.78 is 4.53. The van der Waals surface area contributed by atoms with E-state index in [1.165, 1.54) is 6.92 Å². The fraction of sp³-hybridized carbons (Fsp3) is 0.333. The second-order valence-corrected chi connectivity index (χ2v) is 2.50. The molecule has 0 saturated heterocycles. The summed E-state index contributed by atoms with van der Waals surface area (Å²) in [6, 6.07) is 0. The Morgan fingerprint density at radius 2 is 2.15 bits per heavy atom. The quantitative estimate of drug-likeness (QED) is 0.490. The summed E-state index contributed by atoms with van der Waals surface area (Å²) in [4.78, 5) is 21.5. The SMILES string of the molecule is C=CC(=O)C(O)COC(=O)C(=C)C. The predicted octanol–water partition coefficient (Wildman–Crippen LogP) is 0.222. The third-order valence-electron chi connectivity index (χ3n) is 1.25. The summed E-state index contributed by atoms with van der Waals surface area (Å²) in [5.41, 5.74) is 0.221. The van der Waals surface area contributed by atoms with Gasteiger partial charge in [0, 0.05) is 5.57 Å². The van der Waals surface area contributed by atoms with Gasteiger partial charge in [-0.1, -0.05) is 13.2 Å². The van der Waals surface area contributed by atoms with Gasteiger partial charge in [0.25, 0.3) is 0 Å².